The molecule has 7 nitrogen and oxygen atoms in total. The number of aryl methyl sites for hydroxylation is 3. The molecule has 0 spiro atoms. The van der Waals surface area contributed by atoms with Gasteiger partial charge < -0.3 is 10.6 Å². The molecule has 1 heterocycles. The topological polar surface area (TPSA) is 95.6 Å². The summed E-state index contributed by atoms with van der Waals surface area (Å²) in [6.07, 6.45) is 3.60. The lowest BCUT2D eigenvalue weighted by Gasteiger charge is -2.35. The van der Waals surface area contributed by atoms with Gasteiger partial charge in [-0.1, -0.05) is 54.4 Å². The smallest absolute Gasteiger partial charge is 0.309 e. The van der Waals surface area contributed by atoms with Crippen LogP contribution in [0.25, 0.3) is 0 Å². The van der Waals surface area contributed by atoms with Gasteiger partial charge in [0.15, 0.2) is 0 Å². The Morgan fingerprint density at radius 1 is 0.941 bits per heavy atom. The van der Waals surface area contributed by atoms with Crippen LogP contribution in [0.2, 0.25) is 0 Å². The van der Waals surface area contributed by atoms with E-state index < -0.39 is 21.8 Å². The van der Waals surface area contributed by atoms with Gasteiger partial charge in [0, 0.05) is 25.7 Å². The maximum Gasteiger partial charge on any atom is 0.309 e. The SMILES string of the molecule is Cc1cc(C)c(S(=O)(=O)N2CCCC[C@@H]2CCNC(=O)C(=O)NCCc2ccccc2)c(C)c1. The Bertz CT molecular complexity index is 1090. The van der Waals surface area contributed by atoms with Crippen LogP contribution in [0.3, 0.4) is 0 Å². The maximum atomic E-state index is 13.6. The van der Waals surface area contributed by atoms with Crippen molar-refractivity contribution in [2.24, 2.45) is 0 Å². The van der Waals surface area contributed by atoms with E-state index in [0.29, 0.717) is 30.8 Å². The van der Waals surface area contributed by atoms with Crippen LogP contribution in [0.15, 0.2) is 47.4 Å². The molecule has 1 aliphatic heterocycles. The van der Waals surface area contributed by atoms with Gasteiger partial charge in [-0.05, 0) is 63.1 Å². The lowest BCUT2D eigenvalue weighted by atomic mass is 10.0. The second kappa shape index (κ2) is 11.6. The van der Waals surface area contributed by atoms with Gasteiger partial charge in [-0.2, -0.15) is 4.31 Å². The van der Waals surface area contributed by atoms with Gasteiger partial charge in [0.25, 0.3) is 0 Å². The van der Waals surface area contributed by atoms with Crippen LogP contribution in [0.1, 0.15) is 47.9 Å². The monoisotopic (exact) mass is 485 g/mol. The molecule has 2 aromatic carbocycles. The molecule has 2 aromatic rings. The third-order valence-corrected chi connectivity index (χ3v) is 8.51. The molecule has 184 valence electrons. The number of piperidine rings is 1. The third-order valence-electron chi connectivity index (χ3n) is 6.26. The highest BCUT2D eigenvalue weighted by atomic mass is 32.2. The summed E-state index contributed by atoms with van der Waals surface area (Å²) in [5, 5.41) is 5.28. The second-order valence-corrected chi connectivity index (χ2v) is 10.9. The van der Waals surface area contributed by atoms with E-state index in [-0.39, 0.29) is 12.6 Å². The number of amides is 2. The van der Waals surface area contributed by atoms with E-state index in [1.165, 1.54) is 0 Å². The van der Waals surface area contributed by atoms with Gasteiger partial charge in [0.2, 0.25) is 10.0 Å². The summed E-state index contributed by atoms with van der Waals surface area (Å²) in [5.74, 6) is -1.36. The predicted molar refractivity (Wildman–Crippen MR) is 133 cm³/mol. The number of rotatable bonds is 8. The summed E-state index contributed by atoms with van der Waals surface area (Å²) in [6, 6.07) is 13.3. The highest BCUT2D eigenvalue weighted by Gasteiger charge is 2.35. The van der Waals surface area contributed by atoms with Crippen molar-refractivity contribution in [2.45, 2.75) is 63.8 Å². The van der Waals surface area contributed by atoms with Crippen molar-refractivity contribution in [3.8, 4) is 0 Å². The zero-order chi connectivity index (χ0) is 24.7. The average molecular weight is 486 g/mol. The lowest BCUT2D eigenvalue weighted by molar-refractivity contribution is -0.139. The first-order valence-corrected chi connectivity index (χ1v) is 13.3. The van der Waals surface area contributed by atoms with E-state index in [0.717, 1.165) is 41.5 Å². The third kappa shape index (κ3) is 6.45. The van der Waals surface area contributed by atoms with E-state index in [1.54, 1.807) is 4.31 Å². The fourth-order valence-electron chi connectivity index (χ4n) is 4.75. The first-order chi connectivity index (χ1) is 16.2. The lowest BCUT2D eigenvalue weighted by Crippen LogP contribution is -2.46. The second-order valence-electron chi connectivity index (χ2n) is 9.03. The van der Waals surface area contributed by atoms with Gasteiger partial charge in [-0.25, -0.2) is 8.42 Å². The molecule has 0 unspecified atom stereocenters. The van der Waals surface area contributed by atoms with Crippen LogP contribution in [0, 0.1) is 20.8 Å². The molecule has 0 saturated carbocycles. The quantitative estimate of drug-likeness (QED) is 0.562. The van der Waals surface area contributed by atoms with Crippen LogP contribution in [0.4, 0.5) is 0 Å². The molecule has 1 atom stereocenters. The van der Waals surface area contributed by atoms with Crippen LogP contribution >= 0.6 is 0 Å². The normalized spacial score (nSPS) is 16.7. The number of hydrogen-bond donors (Lipinski definition) is 2. The van der Waals surface area contributed by atoms with Crippen LogP contribution in [0.5, 0.6) is 0 Å². The van der Waals surface area contributed by atoms with Gasteiger partial charge in [-0.3, -0.25) is 9.59 Å². The van der Waals surface area contributed by atoms with Gasteiger partial charge in [0.05, 0.1) is 4.90 Å². The Kier molecular flexibility index (Phi) is 8.85. The Morgan fingerprint density at radius 3 is 2.21 bits per heavy atom. The van der Waals surface area contributed by atoms with Crippen molar-refractivity contribution < 1.29 is 18.0 Å². The molecule has 1 aliphatic rings. The number of nitrogens with zero attached hydrogens (tertiary/aromatic N) is 1. The zero-order valence-corrected chi connectivity index (χ0v) is 21.1. The van der Waals surface area contributed by atoms with E-state index in [2.05, 4.69) is 10.6 Å². The predicted octanol–water partition coefficient (Wildman–Crippen LogP) is 3.02. The molecule has 0 bridgehead atoms. The summed E-state index contributed by atoms with van der Waals surface area (Å²) in [5.41, 5.74) is 3.62. The molecule has 1 fully saturated rings. The Labute approximate surface area is 203 Å². The molecule has 3 rings (SSSR count). The maximum absolute atomic E-state index is 13.6. The molecule has 8 heteroatoms. The van der Waals surface area contributed by atoms with Gasteiger partial charge >= 0.3 is 11.8 Å². The molecule has 0 aliphatic carbocycles. The molecule has 0 radical (unpaired) electrons. The summed E-state index contributed by atoms with van der Waals surface area (Å²) in [7, 11) is -3.65. The van der Waals surface area contributed by atoms with Gasteiger partial charge in [-0.15, -0.1) is 0 Å². The number of carbonyl (C=O) groups is 2. The summed E-state index contributed by atoms with van der Waals surface area (Å²) in [4.78, 5) is 24.7. The highest BCUT2D eigenvalue weighted by Crippen LogP contribution is 2.31. The fraction of sp³-hybridized carbons (Fsp3) is 0.462. The van der Waals surface area contributed by atoms with Crippen molar-refractivity contribution in [1.82, 2.24) is 14.9 Å². The van der Waals surface area contributed by atoms with Gasteiger partial charge in [0.1, 0.15) is 0 Å². The molecule has 34 heavy (non-hydrogen) atoms. The number of carbonyl (C=O) groups excluding carboxylic acids is 2. The van der Waals surface area contributed by atoms with Crippen molar-refractivity contribution >= 4 is 21.8 Å². The largest absolute Gasteiger partial charge is 0.348 e. The van der Waals surface area contributed by atoms with Crippen molar-refractivity contribution in [2.75, 3.05) is 19.6 Å². The minimum Gasteiger partial charge on any atom is -0.348 e. The van der Waals surface area contributed by atoms with E-state index in [1.807, 2.05) is 63.2 Å². The minimum absolute atomic E-state index is 0.208. The average Bonchev–Trinajstić information content (AvgIpc) is 2.79. The van der Waals surface area contributed by atoms with E-state index >= 15 is 0 Å². The Balaban J connectivity index is 1.55. The van der Waals surface area contributed by atoms with Crippen LogP contribution in [-0.2, 0) is 26.0 Å². The van der Waals surface area contributed by atoms with Crippen molar-refractivity contribution in [3.05, 3.63) is 64.7 Å². The van der Waals surface area contributed by atoms with Crippen LogP contribution in [-0.4, -0.2) is 50.2 Å². The Morgan fingerprint density at radius 2 is 1.56 bits per heavy atom. The summed E-state index contributed by atoms with van der Waals surface area (Å²) >= 11 is 0. The van der Waals surface area contributed by atoms with Crippen molar-refractivity contribution in [3.63, 3.8) is 0 Å². The first kappa shape index (κ1) is 25.9. The van der Waals surface area contributed by atoms with Crippen molar-refractivity contribution in [1.29, 1.82) is 0 Å². The van der Waals surface area contributed by atoms with E-state index in [9.17, 15) is 18.0 Å². The first-order valence-electron chi connectivity index (χ1n) is 11.9. The number of hydrogen-bond acceptors (Lipinski definition) is 4. The fourth-order valence-corrected chi connectivity index (χ4v) is 6.89. The number of sulfonamides is 1. The molecule has 1 saturated heterocycles. The summed E-state index contributed by atoms with van der Waals surface area (Å²) in [6.45, 7) is 6.72. The Hall–Kier alpha value is -2.71. The summed E-state index contributed by atoms with van der Waals surface area (Å²) < 4.78 is 28.7. The molecule has 0 aromatic heterocycles. The number of benzene rings is 2. The minimum atomic E-state index is -3.65. The molecular weight excluding hydrogens is 450 g/mol. The standard InChI is InChI=1S/C26H35N3O4S/c1-19-17-20(2)24(21(3)18-19)34(32,33)29-16-8-7-11-23(29)13-15-28-26(31)25(30)27-14-12-22-9-5-4-6-10-22/h4-6,9-10,17-18,23H,7-8,11-16H2,1-3H3,(H,27,30)(H,28,31)/t23-/m1/s1. The van der Waals surface area contributed by atoms with Crippen LogP contribution < -0.4 is 10.6 Å². The molecular formula is C26H35N3O4S. The number of nitrogens with one attached hydrogen (secondary N) is 2. The zero-order valence-electron chi connectivity index (χ0n) is 20.3. The highest BCUT2D eigenvalue weighted by molar-refractivity contribution is 7.89. The van der Waals surface area contributed by atoms with E-state index in [4.69, 9.17) is 0 Å². The molecule has 2 N–H and O–H groups in total. The molecule has 2 amide bonds.